The van der Waals surface area contributed by atoms with Crippen LogP contribution in [0.1, 0.15) is 278 Å². The van der Waals surface area contributed by atoms with Crippen LogP contribution in [0.2, 0.25) is 0 Å². The first kappa shape index (κ1) is 62.1. The van der Waals surface area contributed by atoms with E-state index in [1.807, 2.05) is 0 Å². The fourth-order valence-corrected chi connectivity index (χ4v) is 7.77. The fourth-order valence-electron chi connectivity index (χ4n) is 7.77. The van der Waals surface area contributed by atoms with Gasteiger partial charge in [0.15, 0.2) is 6.10 Å². The van der Waals surface area contributed by atoms with Gasteiger partial charge in [-0.15, -0.1) is 0 Å². The van der Waals surface area contributed by atoms with Gasteiger partial charge in [-0.05, 0) is 89.9 Å². The molecule has 376 valence electrons. The van der Waals surface area contributed by atoms with Gasteiger partial charge in [0, 0.05) is 19.3 Å². The fraction of sp³-hybridized carbons (Fsp3) is 0.780. The van der Waals surface area contributed by atoms with E-state index in [2.05, 4.69) is 81.5 Å². The van der Waals surface area contributed by atoms with E-state index < -0.39 is 6.10 Å². The lowest BCUT2D eigenvalue weighted by atomic mass is 10.1. The van der Waals surface area contributed by atoms with Gasteiger partial charge in [-0.25, -0.2) is 0 Å². The summed E-state index contributed by atoms with van der Waals surface area (Å²) < 4.78 is 16.8. The van der Waals surface area contributed by atoms with Crippen LogP contribution >= 0.6 is 0 Å². The molecular weight excluding hydrogens is 805 g/mol. The first-order valence-electron chi connectivity index (χ1n) is 27.8. The number of hydrogen-bond donors (Lipinski definition) is 0. The Morgan fingerprint density at radius 2 is 0.554 bits per heavy atom. The number of rotatable bonds is 50. The zero-order valence-corrected chi connectivity index (χ0v) is 43.0. The van der Waals surface area contributed by atoms with Crippen LogP contribution in [0.4, 0.5) is 0 Å². The highest BCUT2D eigenvalue weighted by atomic mass is 16.6. The Morgan fingerprint density at radius 3 is 0.892 bits per heavy atom. The van der Waals surface area contributed by atoms with E-state index in [-0.39, 0.29) is 31.1 Å². The van der Waals surface area contributed by atoms with E-state index in [4.69, 9.17) is 14.2 Å². The van der Waals surface area contributed by atoms with E-state index in [1.165, 1.54) is 148 Å². The summed E-state index contributed by atoms with van der Waals surface area (Å²) in [6.07, 6.45) is 66.3. The second-order valence-corrected chi connectivity index (χ2v) is 18.5. The van der Waals surface area contributed by atoms with Gasteiger partial charge in [0.25, 0.3) is 0 Å². The summed E-state index contributed by atoms with van der Waals surface area (Å²) in [5.41, 5.74) is 0. The van der Waals surface area contributed by atoms with Gasteiger partial charge in [0.1, 0.15) is 13.2 Å². The van der Waals surface area contributed by atoms with Crippen molar-refractivity contribution in [1.29, 1.82) is 0 Å². The van der Waals surface area contributed by atoms with Crippen LogP contribution in [-0.2, 0) is 28.6 Å². The molecule has 65 heavy (non-hydrogen) atoms. The molecule has 6 heteroatoms. The van der Waals surface area contributed by atoms with Crippen molar-refractivity contribution < 1.29 is 28.6 Å². The van der Waals surface area contributed by atoms with Gasteiger partial charge < -0.3 is 14.2 Å². The lowest BCUT2D eigenvalue weighted by molar-refractivity contribution is -0.167. The molecule has 0 spiro atoms. The third-order valence-electron chi connectivity index (χ3n) is 12.0. The van der Waals surface area contributed by atoms with E-state index in [0.29, 0.717) is 19.3 Å². The zero-order chi connectivity index (χ0) is 47.2. The molecule has 0 aliphatic heterocycles. The molecule has 0 aromatic heterocycles. The number of unbranched alkanes of at least 4 members (excludes halogenated alkanes) is 29. The number of carbonyl (C=O) groups excluding carboxylic acids is 3. The van der Waals surface area contributed by atoms with Crippen LogP contribution in [0.25, 0.3) is 0 Å². The molecule has 6 nitrogen and oxygen atoms in total. The monoisotopic (exact) mass is 909 g/mol. The second-order valence-electron chi connectivity index (χ2n) is 18.5. The molecular formula is C59H104O6. The minimum Gasteiger partial charge on any atom is -0.462 e. The van der Waals surface area contributed by atoms with Crippen molar-refractivity contribution in [2.45, 2.75) is 284 Å². The zero-order valence-electron chi connectivity index (χ0n) is 43.0. The van der Waals surface area contributed by atoms with Crippen LogP contribution in [-0.4, -0.2) is 37.2 Å². The minimum atomic E-state index is -0.785. The van der Waals surface area contributed by atoms with Gasteiger partial charge in [0.2, 0.25) is 0 Å². The van der Waals surface area contributed by atoms with Gasteiger partial charge in [-0.1, -0.05) is 229 Å². The maximum Gasteiger partial charge on any atom is 0.306 e. The topological polar surface area (TPSA) is 78.9 Å². The van der Waals surface area contributed by atoms with Crippen LogP contribution in [0.15, 0.2) is 60.8 Å². The Hall–Kier alpha value is -2.89. The second kappa shape index (κ2) is 53.7. The third-order valence-corrected chi connectivity index (χ3v) is 12.0. The van der Waals surface area contributed by atoms with Crippen molar-refractivity contribution in [2.24, 2.45) is 0 Å². The summed E-state index contributed by atoms with van der Waals surface area (Å²) in [5.74, 6) is -0.901. The van der Waals surface area contributed by atoms with Gasteiger partial charge in [-0.2, -0.15) is 0 Å². The van der Waals surface area contributed by atoms with E-state index in [1.54, 1.807) is 0 Å². The normalized spacial score (nSPS) is 12.5. The Labute approximate surface area is 402 Å². The average molecular weight is 909 g/mol. The molecule has 0 heterocycles. The summed E-state index contributed by atoms with van der Waals surface area (Å²) in [6, 6.07) is 0. The number of esters is 3. The van der Waals surface area contributed by atoms with Crippen LogP contribution in [0, 0.1) is 0 Å². The molecule has 0 aromatic rings. The highest BCUT2D eigenvalue weighted by molar-refractivity contribution is 5.71. The van der Waals surface area contributed by atoms with Gasteiger partial charge in [0.05, 0.1) is 0 Å². The Morgan fingerprint density at radius 1 is 0.308 bits per heavy atom. The largest absolute Gasteiger partial charge is 0.462 e. The van der Waals surface area contributed by atoms with Crippen molar-refractivity contribution in [1.82, 2.24) is 0 Å². The summed E-state index contributed by atoms with van der Waals surface area (Å²) in [7, 11) is 0. The molecule has 0 rings (SSSR count). The van der Waals surface area contributed by atoms with E-state index >= 15 is 0 Å². The standard InChI is InChI=1S/C59H104O6/c1-4-7-10-13-16-19-22-24-26-28-29-31-32-34-37-40-43-46-49-52-58(61)64-55-56(54-63-57(60)51-48-45-42-39-36-21-18-15-12-9-6-3)65-59(62)53-50-47-44-41-38-35-33-30-27-25-23-20-17-14-11-8-5-2/h16-17,19-20,24-27,33,35,56H,4-15,18,21-23,28-32,34,36-55H2,1-3H3/b19-16-,20-17-,26-24-,27-25-,35-33-/t56-/m0/s1. The maximum atomic E-state index is 12.8. The van der Waals surface area contributed by atoms with Crippen molar-refractivity contribution in [3.05, 3.63) is 60.8 Å². The minimum absolute atomic E-state index is 0.0826. The summed E-state index contributed by atoms with van der Waals surface area (Å²) in [5, 5.41) is 0. The van der Waals surface area contributed by atoms with Crippen molar-refractivity contribution in [3.8, 4) is 0 Å². The predicted octanol–water partition coefficient (Wildman–Crippen LogP) is 18.4. The van der Waals surface area contributed by atoms with Crippen LogP contribution in [0.5, 0.6) is 0 Å². The Bertz CT molecular complexity index is 1180. The van der Waals surface area contributed by atoms with Crippen molar-refractivity contribution >= 4 is 17.9 Å². The molecule has 0 aliphatic carbocycles. The lowest BCUT2D eigenvalue weighted by Gasteiger charge is -2.18. The smallest absolute Gasteiger partial charge is 0.306 e. The van der Waals surface area contributed by atoms with Crippen molar-refractivity contribution in [2.75, 3.05) is 13.2 Å². The molecule has 0 radical (unpaired) electrons. The predicted molar refractivity (Wildman–Crippen MR) is 279 cm³/mol. The molecule has 0 saturated carbocycles. The van der Waals surface area contributed by atoms with Gasteiger partial charge >= 0.3 is 17.9 Å². The Kier molecular flexibility index (Phi) is 51.3. The number of ether oxygens (including phenoxy) is 3. The third kappa shape index (κ3) is 51.9. The summed E-state index contributed by atoms with van der Waals surface area (Å²) >= 11 is 0. The first-order chi connectivity index (χ1) is 32.0. The highest BCUT2D eigenvalue weighted by Gasteiger charge is 2.19. The lowest BCUT2D eigenvalue weighted by Crippen LogP contribution is -2.30. The number of carbonyl (C=O) groups is 3. The van der Waals surface area contributed by atoms with Crippen molar-refractivity contribution in [3.63, 3.8) is 0 Å². The van der Waals surface area contributed by atoms with E-state index in [0.717, 1.165) is 89.9 Å². The average Bonchev–Trinajstić information content (AvgIpc) is 3.30. The van der Waals surface area contributed by atoms with Crippen LogP contribution < -0.4 is 0 Å². The first-order valence-corrected chi connectivity index (χ1v) is 27.8. The SMILES string of the molecule is CCCCC/C=C\C/C=C\C/C=C\CCCCCCC(=O)O[C@H](COC(=O)CCCCCCCCCCC/C=C\C/C=C\CCCCC)COC(=O)CCCCCCCCCCCCC. The van der Waals surface area contributed by atoms with Gasteiger partial charge in [-0.3, -0.25) is 14.4 Å². The Balaban J connectivity index is 4.37. The number of hydrogen-bond acceptors (Lipinski definition) is 6. The summed E-state index contributed by atoms with van der Waals surface area (Å²) in [6.45, 7) is 6.57. The molecule has 0 N–H and O–H groups in total. The highest BCUT2D eigenvalue weighted by Crippen LogP contribution is 2.15. The number of allylic oxidation sites excluding steroid dienone is 10. The quantitative estimate of drug-likeness (QED) is 0.0262. The molecule has 0 aliphatic rings. The van der Waals surface area contributed by atoms with Crippen LogP contribution in [0.3, 0.4) is 0 Å². The molecule has 0 amide bonds. The molecule has 0 aromatic carbocycles. The molecule has 0 unspecified atom stereocenters. The molecule has 1 atom stereocenters. The van der Waals surface area contributed by atoms with E-state index in [9.17, 15) is 14.4 Å². The molecule has 0 bridgehead atoms. The maximum absolute atomic E-state index is 12.8. The molecule has 0 fully saturated rings. The molecule has 0 saturated heterocycles. The summed E-state index contributed by atoms with van der Waals surface area (Å²) in [4.78, 5) is 38.0.